The first-order chi connectivity index (χ1) is 9.22. The molecule has 0 heterocycles. The lowest BCUT2D eigenvalue weighted by atomic mass is 10.1. The van der Waals surface area contributed by atoms with Gasteiger partial charge in [-0.25, -0.2) is 0 Å². The first kappa shape index (κ1) is 14.4. The van der Waals surface area contributed by atoms with E-state index in [1.165, 1.54) is 11.8 Å². The maximum Gasteiger partial charge on any atom is 0.232 e. The van der Waals surface area contributed by atoms with Crippen LogP contribution in [0.5, 0.6) is 0 Å². The number of benzene rings is 1. The lowest BCUT2D eigenvalue weighted by Gasteiger charge is -2.20. The van der Waals surface area contributed by atoms with Crippen molar-refractivity contribution in [2.24, 2.45) is 0 Å². The first-order valence-electron chi connectivity index (χ1n) is 6.82. The molecule has 1 aromatic rings. The molecule has 1 saturated carbocycles. The molecule has 1 amide bonds. The molecule has 2 rings (SSSR count). The van der Waals surface area contributed by atoms with Gasteiger partial charge in [-0.05, 0) is 25.3 Å². The maximum absolute atomic E-state index is 12.0. The van der Waals surface area contributed by atoms with Crippen molar-refractivity contribution in [3.8, 4) is 0 Å². The molecule has 3 nitrogen and oxygen atoms in total. The summed E-state index contributed by atoms with van der Waals surface area (Å²) in [6, 6.07) is 10.1. The quantitative estimate of drug-likeness (QED) is 0.833. The highest BCUT2D eigenvalue weighted by Crippen LogP contribution is 2.27. The van der Waals surface area contributed by atoms with E-state index in [1.807, 2.05) is 42.2 Å². The van der Waals surface area contributed by atoms with Crippen LogP contribution in [0.15, 0.2) is 30.3 Å². The molecular weight excluding hydrogens is 258 g/mol. The van der Waals surface area contributed by atoms with Crippen molar-refractivity contribution in [3.05, 3.63) is 35.9 Å². The van der Waals surface area contributed by atoms with Gasteiger partial charge < -0.3 is 10.0 Å². The number of amides is 1. The molecule has 0 aromatic heterocycles. The smallest absolute Gasteiger partial charge is 0.232 e. The molecular formula is C15H21NO2S. The van der Waals surface area contributed by atoms with E-state index in [2.05, 4.69) is 0 Å². The number of aliphatic hydroxyl groups is 1. The summed E-state index contributed by atoms with van der Waals surface area (Å²) in [5.41, 5.74) is 0.914. The Kier molecular flexibility index (Phi) is 5.28. The third-order valence-electron chi connectivity index (χ3n) is 3.33. The third-order valence-corrected chi connectivity index (χ3v) is 4.34. The van der Waals surface area contributed by atoms with Crippen molar-refractivity contribution in [2.45, 2.75) is 31.9 Å². The van der Waals surface area contributed by atoms with Gasteiger partial charge in [0.25, 0.3) is 0 Å². The zero-order valence-electron chi connectivity index (χ0n) is 11.3. The second kappa shape index (κ2) is 6.96. The van der Waals surface area contributed by atoms with Crippen molar-refractivity contribution in [1.82, 2.24) is 4.90 Å². The van der Waals surface area contributed by atoms with Gasteiger partial charge in [0, 0.05) is 18.3 Å². The zero-order valence-corrected chi connectivity index (χ0v) is 12.1. The van der Waals surface area contributed by atoms with E-state index in [0.717, 1.165) is 24.9 Å². The van der Waals surface area contributed by atoms with Crippen molar-refractivity contribution in [2.75, 3.05) is 18.1 Å². The fourth-order valence-electron chi connectivity index (χ4n) is 2.14. The Labute approximate surface area is 119 Å². The molecule has 0 spiro atoms. The van der Waals surface area contributed by atoms with Crippen LogP contribution in [0, 0.1) is 0 Å². The van der Waals surface area contributed by atoms with Gasteiger partial charge in [0.2, 0.25) is 5.91 Å². The van der Waals surface area contributed by atoms with Crippen LogP contribution in [0.3, 0.4) is 0 Å². The molecule has 1 unspecified atom stereocenters. The molecule has 0 saturated heterocycles. The Hall–Kier alpha value is -1.00. The van der Waals surface area contributed by atoms with Crippen LogP contribution in [0.4, 0.5) is 0 Å². The number of hydrogen-bond donors (Lipinski definition) is 1. The van der Waals surface area contributed by atoms with Crippen molar-refractivity contribution < 1.29 is 9.90 Å². The Morgan fingerprint density at radius 2 is 2.11 bits per heavy atom. The van der Waals surface area contributed by atoms with E-state index in [1.54, 1.807) is 0 Å². The van der Waals surface area contributed by atoms with Crippen molar-refractivity contribution in [3.63, 3.8) is 0 Å². The molecule has 1 aromatic carbocycles. The average Bonchev–Trinajstić information content (AvgIpc) is 3.25. The minimum Gasteiger partial charge on any atom is -0.388 e. The second-order valence-corrected chi connectivity index (χ2v) is 5.88. The van der Waals surface area contributed by atoms with E-state index < -0.39 is 6.10 Å². The molecule has 1 aliphatic rings. The number of carbonyl (C=O) groups excluding carboxylic acids is 1. The maximum atomic E-state index is 12.0. The van der Waals surface area contributed by atoms with Crippen LogP contribution in [-0.4, -0.2) is 40.0 Å². The number of aliphatic hydroxyl groups excluding tert-OH is 1. The molecule has 1 fully saturated rings. The molecule has 4 heteroatoms. The lowest BCUT2D eigenvalue weighted by molar-refractivity contribution is -0.128. The highest BCUT2D eigenvalue weighted by atomic mass is 32.2. The Balaban J connectivity index is 1.72. The molecule has 0 radical (unpaired) electrons. The van der Waals surface area contributed by atoms with Crippen LogP contribution in [0.1, 0.15) is 31.4 Å². The molecule has 1 aliphatic carbocycles. The topological polar surface area (TPSA) is 40.5 Å². The van der Waals surface area contributed by atoms with Gasteiger partial charge in [0.15, 0.2) is 0 Å². The van der Waals surface area contributed by atoms with E-state index >= 15 is 0 Å². The number of thioether (sulfide) groups is 1. The van der Waals surface area contributed by atoms with Gasteiger partial charge in [-0.2, -0.15) is 0 Å². The van der Waals surface area contributed by atoms with Crippen molar-refractivity contribution in [1.29, 1.82) is 0 Å². The largest absolute Gasteiger partial charge is 0.388 e. The summed E-state index contributed by atoms with van der Waals surface area (Å²) in [6.07, 6.45) is 1.81. The summed E-state index contributed by atoms with van der Waals surface area (Å²) in [5.74, 6) is 1.24. The minimum atomic E-state index is -0.491. The highest BCUT2D eigenvalue weighted by Gasteiger charge is 2.30. The predicted octanol–water partition coefficient (Wildman–Crippen LogP) is 2.46. The standard InChI is InChI=1S/C15H21NO2S/c1-2-16(13-8-9-13)15(18)11-19-10-14(17)12-6-4-3-5-7-12/h3-7,13-14,17H,2,8-11H2,1H3. The van der Waals surface area contributed by atoms with Crippen LogP contribution < -0.4 is 0 Å². The summed E-state index contributed by atoms with van der Waals surface area (Å²) in [5, 5.41) is 10.0. The number of hydrogen-bond acceptors (Lipinski definition) is 3. The van der Waals surface area contributed by atoms with Gasteiger partial charge in [-0.1, -0.05) is 30.3 Å². The van der Waals surface area contributed by atoms with Crippen LogP contribution >= 0.6 is 11.8 Å². The highest BCUT2D eigenvalue weighted by molar-refractivity contribution is 7.99. The summed E-state index contributed by atoms with van der Waals surface area (Å²) < 4.78 is 0. The summed E-state index contributed by atoms with van der Waals surface area (Å²) in [7, 11) is 0. The number of carbonyl (C=O) groups is 1. The monoisotopic (exact) mass is 279 g/mol. The van der Waals surface area contributed by atoms with Gasteiger partial charge in [-0.15, -0.1) is 11.8 Å². The zero-order chi connectivity index (χ0) is 13.7. The van der Waals surface area contributed by atoms with Crippen LogP contribution in [-0.2, 0) is 4.79 Å². The normalized spacial score (nSPS) is 16.1. The molecule has 1 atom stereocenters. The molecule has 0 aliphatic heterocycles. The Morgan fingerprint density at radius 1 is 1.42 bits per heavy atom. The molecule has 104 valence electrons. The fourth-order valence-corrected chi connectivity index (χ4v) is 3.01. The minimum absolute atomic E-state index is 0.204. The first-order valence-corrected chi connectivity index (χ1v) is 7.98. The van der Waals surface area contributed by atoms with Gasteiger partial charge in [-0.3, -0.25) is 4.79 Å². The summed E-state index contributed by atoms with van der Waals surface area (Å²) >= 11 is 1.51. The van der Waals surface area contributed by atoms with Gasteiger partial charge in [0.05, 0.1) is 11.9 Å². The lowest BCUT2D eigenvalue weighted by Crippen LogP contribution is -2.34. The number of nitrogens with zero attached hydrogens (tertiary/aromatic N) is 1. The SMILES string of the molecule is CCN(C(=O)CSCC(O)c1ccccc1)C1CC1. The summed E-state index contributed by atoms with van der Waals surface area (Å²) in [4.78, 5) is 14.0. The fraction of sp³-hybridized carbons (Fsp3) is 0.533. The van der Waals surface area contributed by atoms with E-state index in [9.17, 15) is 9.90 Å². The molecule has 1 N–H and O–H groups in total. The van der Waals surface area contributed by atoms with Crippen molar-refractivity contribution >= 4 is 17.7 Å². The van der Waals surface area contributed by atoms with Crippen LogP contribution in [0.2, 0.25) is 0 Å². The average molecular weight is 279 g/mol. The molecule has 19 heavy (non-hydrogen) atoms. The third kappa shape index (κ3) is 4.25. The van der Waals surface area contributed by atoms with E-state index in [4.69, 9.17) is 0 Å². The van der Waals surface area contributed by atoms with E-state index in [0.29, 0.717) is 17.5 Å². The molecule has 0 bridgehead atoms. The summed E-state index contributed by atoms with van der Waals surface area (Å²) in [6.45, 7) is 2.82. The Bertz CT molecular complexity index is 406. The Morgan fingerprint density at radius 3 is 2.68 bits per heavy atom. The van der Waals surface area contributed by atoms with Gasteiger partial charge >= 0.3 is 0 Å². The van der Waals surface area contributed by atoms with Gasteiger partial charge in [0.1, 0.15) is 0 Å². The number of rotatable bonds is 7. The second-order valence-electron chi connectivity index (χ2n) is 4.85. The van der Waals surface area contributed by atoms with E-state index in [-0.39, 0.29) is 5.91 Å². The predicted molar refractivity (Wildman–Crippen MR) is 79.1 cm³/mol. The van der Waals surface area contributed by atoms with Crippen LogP contribution in [0.25, 0.3) is 0 Å².